The summed E-state index contributed by atoms with van der Waals surface area (Å²) in [5, 5.41) is 24.2. The summed E-state index contributed by atoms with van der Waals surface area (Å²) in [6.45, 7) is 0. The first-order chi connectivity index (χ1) is 5.09. The van der Waals surface area contributed by atoms with Crippen LogP contribution in [0.5, 0.6) is 0 Å². The maximum absolute atomic E-state index is 10.1. The molecule has 5 nitrogen and oxygen atoms in total. The summed E-state index contributed by atoms with van der Waals surface area (Å²) in [5.41, 5.74) is -0.206. The van der Waals surface area contributed by atoms with Crippen LogP contribution in [0.25, 0.3) is 0 Å². The van der Waals surface area contributed by atoms with Crippen molar-refractivity contribution in [3.8, 4) is 0 Å². The average molecular weight is 151 g/mol. The Morgan fingerprint density at radius 1 is 1.45 bits per heavy atom. The van der Waals surface area contributed by atoms with E-state index in [2.05, 4.69) is 0 Å². The van der Waals surface area contributed by atoms with Crippen LogP contribution in [0.4, 0.5) is 5.69 Å². The van der Waals surface area contributed by atoms with Crippen LogP contribution in [0, 0.1) is 20.9 Å². The summed E-state index contributed by atoms with van der Waals surface area (Å²) >= 11 is 0. The maximum atomic E-state index is 10.1. The third-order valence-corrected chi connectivity index (χ3v) is 1.13. The molecule has 0 aliphatic carbocycles. The topological polar surface area (TPSA) is 90.8 Å². The highest BCUT2D eigenvalue weighted by Gasteiger charge is 2.20. The fourth-order valence-electron chi connectivity index (χ4n) is 0.717. The van der Waals surface area contributed by atoms with E-state index in [1.807, 2.05) is 0 Å². The highest BCUT2D eigenvalue weighted by Crippen LogP contribution is 2.00. The quantitative estimate of drug-likeness (QED) is 0.335. The summed E-state index contributed by atoms with van der Waals surface area (Å²) in [7, 11) is 0. The molecule has 0 fully saturated rings. The van der Waals surface area contributed by atoms with Crippen LogP contribution in [-0.2, 0) is 0 Å². The van der Waals surface area contributed by atoms with Gasteiger partial charge in [0.1, 0.15) is 4.92 Å². The van der Waals surface area contributed by atoms with E-state index in [1.165, 1.54) is 6.07 Å². The standard InChI is InChI=1S/C6H5N3O2/c7-4-1-5(8)3-6(2-4)9(10)11/h1-3,7-8H/q+2. The first-order valence-electron chi connectivity index (χ1n) is 2.82. The van der Waals surface area contributed by atoms with Crippen LogP contribution in [0.15, 0.2) is 18.2 Å². The molecule has 1 rings (SSSR count). The predicted octanol–water partition coefficient (Wildman–Crippen LogP) is -0.00846. The number of hydrogen-bond acceptors (Lipinski definition) is 4. The third kappa shape index (κ3) is 1.57. The van der Waals surface area contributed by atoms with Crippen molar-refractivity contribution in [3.05, 3.63) is 39.0 Å². The second kappa shape index (κ2) is 2.45. The zero-order chi connectivity index (χ0) is 8.43. The van der Waals surface area contributed by atoms with Crippen molar-refractivity contribution >= 4 is 5.69 Å². The van der Waals surface area contributed by atoms with Gasteiger partial charge in [-0.15, -0.1) is 0 Å². The van der Waals surface area contributed by atoms with Crippen LogP contribution in [0.3, 0.4) is 0 Å². The van der Waals surface area contributed by atoms with E-state index in [0.717, 1.165) is 12.1 Å². The second-order valence-corrected chi connectivity index (χ2v) is 2.03. The summed E-state index contributed by atoms with van der Waals surface area (Å²) < 4.78 is 0. The van der Waals surface area contributed by atoms with Crippen molar-refractivity contribution < 1.29 is 4.92 Å². The summed E-state index contributed by atoms with van der Waals surface area (Å²) in [4.78, 5) is 9.53. The Kier molecular flexibility index (Phi) is 1.63. The lowest BCUT2D eigenvalue weighted by molar-refractivity contribution is -0.385. The molecule has 1 aromatic rings. The number of nitrogens with zero attached hydrogens (tertiary/aromatic N) is 1. The van der Waals surface area contributed by atoms with Crippen LogP contribution in [-0.4, -0.2) is 4.92 Å². The fraction of sp³-hybridized carbons (Fsp3) is 0. The van der Waals surface area contributed by atoms with Gasteiger partial charge in [0.15, 0.2) is 6.07 Å². The van der Waals surface area contributed by atoms with Gasteiger partial charge >= 0.3 is 5.69 Å². The molecule has 5 heteroatoms. The lowest BCUT2D eigenvalue weighted by Crippen LogP contribution is -2.10. The van der Waals surface area contributed by atoms with Crippen molar-refractivity contribution in [1.29, 1.82) is 10.8 Å². The highest BCUT2D eigenvalue weighted by atomic mass is 16.6. The van der Waals surface area contributed by atoms with Gasteiger partial charge in [0, 0.05) is 0 Å². The van der Waals surface area contributed by atoms with Gasteiger partial charge in [-0.05, 0) is 0 Å². The molecule has 2 N–H and O–H groups in total. The fourth-order valence-corrected chi connectivity index (χ4v) is 0.717. The molecule has 11 heavy (non-hydrogen) atoms. The minimum absolute atomic E-state index is 0.01000. The van der Waals surface area contributed by atoms with Crippen molar-refractivity contribution in [3.63, 3.8) is 0 Å². The molecule has 0 heterocycles. The summed E-state index contributed by atoms with van der Waals surface area (Å²) in [6, 6.07) is 3.46. The molecule has 0 aliphatic heterocycles. The molecule has 0 radical (unpaired) electrons. The Morgan fingerprint density at radius 2 is 2.09 bits per heavy atom. The molecule has 0 aliphatic rings. The van der Waals surface area contributed by atoms with Gasteiger partial charge < -0.3 is 0 Å². The van der Waals surface area contributed by atoms with Gasteiger partial charge in [0.2, 0.25) is 12.1 Å². The Balaban J connectivity index is 3.42. The highest BCUT2D eigenvalue weighted by molar-refractivity contribution is 5.27. The molecular weight excluding hydrogens is 146 g/mol. The molecule has 0 atom stereocenters. The zero-order valence-corrected chi connectivity index (χ0v) is 5.50. The number of hydrogen-bond donors (Lipinski definition) is 2. The summed E-state index contributed by atoms with van der Waals surface area (Å²) in [6.07, 6.45) is 0. The van der Waals surface area contributed by atoms with Crippen LogP contribution >= 0.6 is 0 Å². The van der Waals surface area contributed by atoms with E-state index in [-0.39, 0.29) is 16.4 Å². The van der Waals surface area contributed by atoms with Crippen LogP contribution in [0.1, 0.15) is 0 Å². The van der Waals surface area contributed by atoms with E-state index >= 15 is 0 Å². The lowest BCUT2D eigenvalue weighted by atomic mass is 10.3. The second-order valence-electron chi connectivity index (χ2n) is 2.03. The maximum Gasteiger partial charge on any atom is 0.481 e. The van der Waals surface area contributed by atoms with Gasteiger partial charge in [0.05, 0.1) is 0 Å². The van der Waals surface area contributed by atoms with Gasteiger partial charge in [-0.1, -0.05) is 0 Å². The largest absolute Gasteiger partial charge is 0.481 e. The molecule has 0 amide bonds. The number of rotatable bonds is 1. The lowest BCUT2D eigenvalue weighted by Gasteiger charge is -1.73. The SMILES string of the molecule is N=c1cc([N+](=O)[O-])[cH+]c(=N)[cH+]1. The van der Waals surface area contributed by atoms with E-state index in [9.17, 15) is 10.1 Å². The molecule has 54 valence electrons. The molecule has 0 bridgehead atoms. The average Bonchev–Trinajstić information content (AvgIpc) is 1.85. The number of nitrogens with one attached hydrogen (secondary N) is 2. The van der Waals surface area contributed by atoms with E-state index in [1.54, 1.807) is 0 Å². The Hall–Kier alpha value is -1.78. The zero-order valence-electron chi connectivity index (χ0n) is 5.50. The monoisotopic (exact) mass is 151 g/mol. The number of nitro benzene ring substituents is 1. The Labute approximate surface area is 61.5 Å². The van der Waals surface area contributed by atoms with Crippen molar-refractivity contribution in [1.82, 2.24) is 0 Å². The number of benzene rings is 1. The van der Waals surface area contributed by atoms with Crippen LogP contribution < -0.4 is 10.7 Å². The van der Waals surface area contributed by atoms with Crippen molar-refractivity contribution in [2.45, 2.75) is 0 Å². The van der Waals surface area contributed by atoms with Crippen molar-refractivity contribution in [2.24, 2.45) is 0 Å². The molecule has 0 spiro atoms. The first kappa shape index (κ1) is 7.33. The predicted molar refractivity (Wildman–Crippen MR) is 36.0 cm³/mol. The Bertz CT molecular complexity index is 359. The van der Waals surface area contributed by atoms with E-state index < -0.39 is 4.92 Å². The molecule has 0 aromatic heterocycles. The van der Waals surface area contributed by atoms with Crippen molar-refractivity contribution in [2.75, 3.05) is 0 Å². The number of non-ortho nitro benzene ring substituents is 1. The molecular formula is C6H5N3O2+2. The molecule has 0 saturated heterocycles. The van der Waals surface area contributed by atoms with Crippen LogP contribution in [0.2, 0.25) is 0 Å². The molecule has 0 saturated carbocycles. The minimum atomic E-state index is -0.615. The van der Waals surface area contributed by atoms with E-state index in [0.29, 0.717) is 0 Å². The smallest absolute Gasteiger partial charge is 0.254 e. The minimum Gasteiger partial charge on any atom is -0.254 e. The number of nitro groups is 1. The summed E-state index contributed by atoms with van der Waals surface area (Å²) in [5.74, 6) is 0. The molecule has 0 unspecified atom stereocenters. The third-order valence-electron chi connectivity index (χ3n) is 1.13. The van der Waals surface area contributed by atoms with E-state index in [4.69, 9.17) is 10.8 Å². The normalized spacial score (nSPS) is 9.45. The first-order valence-corrected chi connectivity index (χ1v) is 2.82. The molecule has 1 aromatic carbocycles. The van der Waals surface area contributed by atoms with Gasteiger partial charge in [-0.3, -0.25) is 10.1 Å². The Morgan fingerprint density at radius 3 is 2.55 bits per heavy atom. The van der Waals surface area contributed by atoms with Gasteiger partial charge in [0.25, 0.3) is 10.7 Å². The van der Waals surface area contributed by atoms with Gasteiger partial charge in [-0.25, -0.2) is 10.8 Å². The van der Waals surface area contributed by atoms with Gasteiger partial charge in [-0.2, -0.15) is 0 Å².